The highest BCUT2D eigenvalue weighted by Gasteiger charge is 2.27. The fourth-order valence-corrected chi connectivity index (χ4v) is 11.9. The highest BCUT2D eigenvalue weighted by molar-refractivity contribution is 7.99. The predicted molar refractivity (Wildman–Crippen MR) is 273 cm³/mol. The predicted octanol–water partition coefficient (Wildman–Crippen LogP) is 11.5. The quantitative estimate of drug-likeness (QED) is 0.0458. The van der Waals surface area contributed by atoms with E-state index < -0.39 is 21.3 Å². The lowest BCUT2D eigenvalue weighted by Crippen LogP contribution is -2.15. The van der Waals surface area contributed by atoms with E-state index in [1.807, 2.05) is 75.9 Å². The molecule has 4 aromatic heterocycles. The molecular weight excluding hydrogens is 989 g/mol. The van der Waals surface area contributed by atoms with Crippen LogP contribution in [0.3, 0.4) is 0 Å². The number of hydrogen-bond acceptors (Lipinski definition) is 17. The molecule has 0 saturated carbocycles. The molecule has 0 spiro atoms. The molecule has 0 fully saturated rings. The van der Waals surface area contributed by atoms with E-state index in [4.69, 9.17) is 48.0 Å². The number of pyridine rings is 2. The molecule has 0 aliphatic rings. The summed E-state index contributed by atoms with van der Waals surface area (Å²) in [7, 11) is -6.66. The smallest absolute Gasteiger partial charge is 0.404 e. The monoisotopic (exact) mass is 1050 g/mol. The molecule has 0 bridgehead atoms. The lowest BCUT2D eigenvalue weighted by Gasteiger charge is -2.18. The number of rotatable bonds is 27. The maximum atomic E-state index is 12.8. The Kier molecular flexibility index (Phi) is 22.7. The third-order valence-electron chi connectivity index (χ3n) is 9.93. The van der Waals surface area contributed by atoms with Crippen molar-refractivity contribution >= 4 is 44.8 Å². The van der Waals surface area contributed by atoms with Crippen LogP contribution in [0.5, 0.6) is 11.5 Å². The second-order valence-corrected chi connectivity index (χ2v) is 22.1. The fourth-order valence-electron chi connectivity index (χ4n) is 6.80. The molecule has 0 saturated heterocycles. The summed E-state index contributed by atoms with van der Waals surface area (Å²) in [6, 6.07) is 22.8. The van der Waals surface area contributed by atoms with Gasteiger partial charge in [0.25, 0.3) is 0 Å². The van der Waals surface area contributed by atoms with Gasteiger partial charge in [0, 0.05) is 34.6 Å². The molecular formula is C49H65N7O11P2S2. The summed E-state index contributed by atoms with van der Waals surface area (Å²) in [6.07, 6.45) is 5.76. The lowest BCUT2D eigenvalue weighted by molar-refractivity contribution is 0.145. The minimum atomic E-state index is -3.35. The molecule has 384 valence electrons. The van der Waals surface area contributed by atoms with Gasteiger partial charge >= 0.3 is 21.3 Å². The van der Waals surface area contributed by atoms with Crippen LogP contribution in [-0.4, -0.2) is 79.4 Å². The molecule has 0 unspecified atom stereocenters. The molecule has 1 amide bonds. The normalized spacial score (nSPS) is 11.7. The number of carbonyl (C=O) groups is 1. The number of nitrogens with two attached hydrogens (primary N) is 1. The Morgan fingerprint density at radius 1 is 0.634 bits per heavy atom. The van der Waals surface area contributed by atoms with Crippen molar-refractivity contribution in [3.05, 3.63) is 132 Å². The highest BCUT2D eigenvalue weighted by atomic mass is 32.2. The molecule has 18 nitrogen and oxygen atoms in total. The Labute approximate surface area is 424 Å². The third-order valence-corrected chi connectivity index (χ3v) is 15.7. The van der Waals surface area contributed by atoms with E-state index in [1.165, 1.54) is 11.8 Å². The van der Waals surface area contributed by atoms with E-state index in [1.54, 1.807) is 70.3 Å². The zero-order valence-corrected chi connectivity index (χ0v) is 44.9. The van der Waals surface area contributed by atoms with Gasteiger partial charge in [0.2, 0.25) is 0 Å². The standard InChI is InChI=1S/C25H33N4O6PS.C24H32N3O5PS/c1-5-34-36(31,35-6-2)17-33-20-8-7-9-21(14-20)37-24-23(18(3)4)28-22(16-32-25(26)30)29(24)15-19-10-12-27-13-11-19;1-5-31-33(29,32-6-2)17-30-20-8-7-9-21(14-20)34-24-23(18(3)4)26-22(16-28)27(24)15-19-10-12-25-13-11-19/h7-14,18H,5-6,15-17H2,1-4H3,(H2,26,30);7-14,18,28H,5-6,15-17H2,1-4H3. The van der Waals surface area contributed by atoms with Crippen molar-refractivity contribution in [2.24, 2.45) is 5.73 Å². The molecule has 0 atom stereocenters. The Balaban J connectivity index is 0.000000265. The van der Waals surface area contributed by atoms with E-state index in [9.17, 15) is 19.0 Å². The molecule has 6 aromatic rings. The first-order valence-electron chi connectivity index (χ1n) is 23.2. The topological polar surface area (TPSA) is 223 Å². The number of imidazole rings is 2. The van der Waals surface area contributed by atoms with Crippen LogP contribution in [0.2, 0.25) is 0 Å². The van der Waals surface area contributed by atoms with Crippen molar-refractivity contribution in [3.63, 3.8) is 0 Å². The summed E-state index contributed by atoms with van der Waals surface area (Å²) >= 11 is 3.07. The molecule has 0 radical (unpaired) electrons. The summed E-state index contributed by atoms with van der Waals surface area (Å²) in [4.78, 5) is 30.8. The van der Waals surface area contributed by atoms with Gasteiger partial charge in [-0.2, -0.15) is 0 Å². The molecule has 22 heteroatoms. The van der Waals surface area contributed by atoms with Crippen molar-refractivity contribution < 1.29 is 51.3 Å². The molecule has 2 aromatic carbocycles. The largest absolute Gasteiger partial charge is 0.481 e. The SMILES string of the molecule is CCOP(=O)(COc1cccc(Sc2c(C(C)C)nc(CO)n2Cc2ccncc2)c1)OCC.CCOP(=O)(COc1cccc(Sc2c(C(C)C)nc(COC(N)=O)n2Cc2ccncc2)c1)OCC. The van der Waals surface area contributed by atoms with Crippen molar-refractivity contribution in [1.82, 2.24) is 29.1 Å². The zero-order chi connectivity index (χ0) is 51.4. The Hall–Kier alpha value is -5.01. The van der Waals surface area contributed by atoms with Gasteiger partial charge in [-0.3, -0.25) is 19.1 Å². The summed E-state index contributed by atoms with van der Waals surface area (Å²) in [5, 5.41) is 11.8. The number of aliphatic hydroxyl groups excluding tert-OH is 1. The summed E-state index contributed by atoms with van der Waals surface area (Å²) in [5.41, 5.74) is 9.10. The van der Waals surface area contributed by atoms with Gasteiger partial charge in [0.05, 0.1) is 50.9 Å². The van der Waals surface area contributed by atoms with E-state index >= 15 is 0 Å². The van der Waals surface area contributed by atoms with E-state index in [0.29, 0.717) is 36.2 Å². The van der Waals surface area contributed by atoms with Crippen molar-refractivity contribution in [3.8, 4) is 11.5 Å². The summed E-state index contributed by atoms with van der Waals surface area (Å²) in [5.74, 6) is 2.59. The van der Waals surface area contributed by atoms with Gasteiger partial charge in [0.1, 0.15) is 39.8 Å². The molecule has 6 rings (SSSR count). The van der Waals surface area contributed by atoms with Gasteiger partial charge in [-0.15, -0.1) is 0 Å². The maximum absolute atomic E-state index is 12.8. The number of ether oxygens (including phenoxy) is 3. The van der Waals surface area contributed by atoms with Gasteiger partial charge in [-0.05, 0) is 111 Å². The molecule has 0 aliphatic carbocycles. The average Bonchev–Trinajstić information content (AvgIpc) is 3.87. The minimum Gasteiger partial charge on any atom is -0.481 e. The number of aliphatic hydroxyl groups is 1. The lowest BCUT2D eigenvalue weighted by atomic mass is 10.1. The van der Waals surface area contributed by atoms with Crippen LogP contribution >= 0.6 is 38.7 Å². The third kappa shape index (κ3) is 17.3. The Bertz CT molecular complexity index is 2670. The van der Waals surface area contributed by atoms with Crippen LogP contribution in [0.15, 0.2) is 117 Å². The van der Waals surface area contributed by atoms with Gasteiger partial charge in [-0.1, -0.05) is 63.4 Å². The van der Waals surface area contributed by atoms with Gasteiger partial charge < -0.3 is 52.3 Å². The fraction of sp³-hybridized carbons (Fsp3) is 0.408. The number of benzene rings is 2. The summed E-state index contributed by atoms with van der Waals surface area (Å²) in [6.45, 7) is 17.3. The van der Waals surface area contributed by atoms with Crippen molar-refractivity contribution in [2.45, 2.75) is 113 Å². The average molecular weight is 1050 g/mol. The number of hydrogen-bond donors (Lipinski definition) is 2. The molecule has 0 aliphatic heterocycles. The van der Waals surface area contributed by atoms with Gasteiger partial charge in [-0.25, -0.2) is 14.8 Å². The first-order valence-corrected chi connectivity index (χ1v) is 28.3. The zero-order valence-electron chi connectivity index (χ0n) is 41.5. The van der Waals surface area contributed by atoms with Crippen LogP contribution in [0, 0.1) is 0 Å². The highest BCUT2D eigenvalue weighted by Crippen LogP contribution is 2.49. The van der Waals surface area contributed by atoms with Crippen molar-refractivity contribution in [1.29, 1.82) is 0 Å². The van der Waals surface area contributed by atoms with Crippen LogP contribution in [0.1, 0.15) is 101 Å². The van der Waals surface area contributed by atoms with Crippen LogP contribution in [0.4, 0.5) is 4.79 Å². The summed E-state index contributed by atoms with van der Waals surface area (Å²) < 4.78 is 67.5. The van der Waals surface area contributed by atoms with Crippen LogP contribution < -0.4 is 15.2 Å². The maximum Gasteiger partial charge on any atom is 0.404 e. The number of primary amides is 1. The first-order chi connectivity index (χ1) is 34.1. The van der Waals surface area contributed by atoms with E-state index in [0.717, 1.165) is 42.4 Å². The molecule has 3 N–H and O–H groups in total. The minimum absolute atomic E-state index is 0.0476. The second-order valence-electron chi connectivity index (χ2n) is 16.0. The number of aromatic nitrogens is 6. The molecule has 4 heterocycles. The second kappa shape index (κ2) is 28.3. The van der Waals surface area contributed by atoms with E-state index in [2.05, 4.69) is 37.7 Å². The Morgan fingerprint density at radius 2 is 1.03 bits per heavy atom. The van der Waals surface area contributed by atoms with E-state index in [-0.39, 0.29) is 64.2 Å². The number of carbonyl (C=O) groups excluding carboxylic acids is 1. The molecule has 71 heavy (non-hydrogen) atoms. The van der Waals surface area contributed by atoms with Crippen LogP contribution in [0.25, 0.3) is 0 Å². The van der Waals surface area contributed by atoms with Crippen LogP contribution in [-0.2, 0) is 58.3 Å². The first kappa shape index (κ1) is 56.9. The number of nitrogens with zero attached hydrogens (tertiary/aromatic N) is 6. The number of amides is 1. The van der Waals surface area contributed by atoms with Gasteiger partial charge in [0.15, 0.2) is 19.3 Å². The Morgan fingerprint density at radius 3 is 1.39 bits per heavy atom. The van der Waals surface area contributed by atoms with Crippen molar-refractivity contribution in [2.75, 3.05) is 39.1 Å².